The van der Waals surface area contributed by atoms with Crippen LogP contribution in [0.1, 0.15) is 12.1 Å². The quantitative estimate of drug-likeness (QED) is 0.201. The van der Waals surface area contributed by atoms with Gasteiger partial charge in [-0.25, -0.2) is 9.78 Å². The molecule has 0 aliphatic carbocycles. The molecule has 0 aromatic carbocycles. The van der Waals surface area contributed by atoms with Gasteiger partial charge in [-0.1, -0.05) is 0 Å². The van der Waals surface area contributed by atoms with Crippen molar-refractivity contribution in [3.8, 4) is 0 Å². The summed E-state index contributed by atoms with van der Waals surface area (Å²) in [5.74, 6) is -5.15. The van der Waals surface area contributed by atoms with Gasteiger partial charge < -0.3 is 36.9 Å². The molecule has 2 atom stereocenters. The van der Waals surface area contributed by atoms with Crippen molar-refractivity contribution in [3.63, 3.8) is 0 Å². The predicted octanol–water partition coefficient (Wildman–Crippen LogP) is -3.44. The predicted molar refractivity (Wildman–Crippen MR) is 88.1 cm³/mol. The first-order valence-corrected chi connectivity index (χ1v) is 7.71. The lowest BCUT2D eigenvalue weighted by Crippen LogP contribution is -2.54. The van der Waals surface area contributed by atoms with Gasteiger partial charge in [0, 0.05) is 18.3 Å². The number of amides is 3. The number of nitrogens with one attached hydrogen (secondary N) is 4. The number of carbonyl (C=O) groups is 5. The molecule has 8 N–H and O–H groups in total. The van der Waals surface area contributed by atoms with E-state index in [4.69, 9.17) is 15.9 Å². The maximum absolute atomic E-state index is 12.4. The summed E-state index contributed by atoms with van der Waals surface area (Å²) in [6, 6.07) is -2.91. The largest absolute Gasteiger partial charge is 0.481 e. The summed E-state index contributed by atoms with van der Waals surface area (Å²) in [7, 11) is 0. The standard InChI is InChI=1S/C14H20N6O7/c15-3-10(21)17-5-11(22)19-8(1-7-4-16-6-18-7)13(25)20-9(14(26)27)2-12(23)24/h4,6,8-9H,1-3,5,15H2,(H,16,18)(H,17,21)(H,19,22)(H,20,25)(H,23,24)(H,26,27). The summed E-state index contributed by atoms with van der Waals surface area (Å²) in [4.78, 5) is 63.7. The average molecular weight is 384 g/mol. The Kier molecular flexibility index (Phi) is 8.38. The third-order valence-corrected chi connectivity index (χ3v) is 3.26. The highest BCUT2D eigenvalue weighted by molar-refractivity contribution is 5.93. The second kappa shape index (κ2) is 10.5. The zero-order valence-electron chi connectivity index (χ0n) is 14.1. The molecule has 0 saturated carbocycles. The van der Waals surface area contributed by atoms with Gasteiger partial charge in [-0.15, -0.1) is 0 Å². The van der Waals surface area contributed by atoms with Crippen molar-refractivity contribution in [2.45, 2.75) is 24.9 Å². The number of aliphatic carboxylic acids is 2. The van der Waals surface area contributed by atoms with Gasteiger partial charge in [0.05, 0.1) is 25.8 Å². The van der Waals surface area contributed by atoms with E-state index in [0.717, 1.165) is 0 Å². The Balaban J connectivity index is 2.81. The maximum atomic E-state index is 12.4. The molecule has 13 heteroatoms. The number of aromatic nitrogens is 2. The third kappa shape index (κ3) is 7.96. The number of imidazole rings is 1. The molecule has 1 aromatic rings. The molecule has 0 aliphatic heterocycles. The minimum atomic E-state index is -1.67. The molecule has 3 amide bonds. The van der Waals surface area contributed by atoms with E-state index >= 15 is 0 Å². The molecule has 1 rings (SSSR count). The fourth-order valence-corrected chi connectivity index (χ4v) is 1.97. The number of carboxylic acid groups (broad SMARTS) is 2. The Morgan fingerprint density at radius 2 is 1.81 bits per heavy atom. The van der Waals surface area contributed by atoms with Gasteiger partial charge in [0.15, 0.2) is 0 Å². The van der Waals surface area contributed by atoms with Crippen molar-refractivity contribution in [3.05, 3.63) is 18.2 Å². The van der Waals surface area contributed by atoms with Crippen LogP contribution in [0.25, 0.3) is 0 Å². The fraction of sp³-hybridized carbons (Fsp3) is 0.429. The van der Waals surface area contributed by atoms with Crippen LogP contribution in [-0.4, -0.2) is 75.0 Å². The van der Waals surface area contributed by atoms with E-state index in [1.54, 1.807) is 0 Å². The van der Waals surface area contributed by atoms with Gasteiger partial charge in [-0.3, -0.25) is 19.2 Å². The topological polar surface area (TPSA) is 217 Å². The van der Waals surface area contributed by atoms with Crippen LogP contribution < -0.4 is 21.7 Å². The summed E-state index contributed by atoms with van der Waals surface area (Å²) >= 11 is 0. The lowest BCUT2D eigenvalue weighted by atomic mass is 10.1. The molecule has 0 aliphatic rings. The number of H-pyrrole nitrogens is 1. The van der Waals surface area contributed by atoms with E-state index in [2.05, 4.69) is 25.9 Å². The van der Waals surface area contributed by atoms with Gasteiger partial charge in [0.2, 0.25) is 17.7 Å². The molecule has 27 heavy (non-hydrogen) atoms. The smallest absolute Gasteiger partial charge is 0.326 e. The van der Waals surface area contributed by atoms with Crippen LogP contribution in [0.3, 0.4) is 0 Å². The number of nitrogens with two attached hydrogens (primary N) is 1. The van der Waals surface area contributed by atoms with Crippen LogP contribution in [0.5, 0.6) is 0 Å². The summed E-state index contributed by atoms with van der Waals surface area (Å²) in [5, 5.41) is 24.4. The summed E-state index contributed by atoms with van der Waals surface area (Å²) in [6.07, 6.45) is 1.84. The minimum Gasteiger partial charge on any atom is -0.481 e. The number of hydrogen-bond donors (Lipinski definition) is 7. The molecule has 1 aromatic heterocycles. The molecule has 0 radical (unpaired) electrons. The number of carbonyl (C=O) groups excluding carboxylic acids is 3. The Hall–Kier alpha value is -3.48. The molecule has 0 spiro atoms. The van der Waals surface area contributed by atoms with Gasteiger partial charge in [-0.05, 0) is 0 Å². The molecule has 0 fully saturated rings. The zero-order chi connectivity index (χ0) is 20.4. The van der Waals surface area contributed by atoms with Crippen LogP contribution in [-0.2, 0) is 30.4 Å². The Morgan fingerprint density at radius 3 is 2.33 bits per heavy atom. The molecular weight excluding hydrogens is 364 g/mol. The summed E-state index contributed by atoms with van der Waals surface area (Å²) < 4.78 is 0. The molecule has 0 bridgehead atoms. The molecule has 0 saturated heterocycles. The van der Waals surface area contributed by atoms with E-state index in [1.165, 1.54) is 12.5 Å². The molecular formula is C14H20N6O7. The molecule has 1 heterocycles. The van der Waals surface area contributed by atoms with E-state index in [1.807, 2.05) is 0 Å². The van der Waals surface area contributed by atoms with Gasteiger partial charge >= 0.3 is 11.9 Å². The summed E-state index contributed by atoms with van der Waals surface area (Å²) in [5.41, 5.74) is 5.56. The minimum absolute atomic E-state index is 0.0676. The van der Waals surface area contributed by atoms with Crippen molar-refractivity contribution in [1.29, 1.82) is 0 Å². The Labute approximate surface area is 152 Å². The highest BCUT2D eigenvalue weighted by Gasteiger charge is 2.28. The van der Waals surface area contributed by atoms with Crippen molar-refractivity contribution in [2.75, 3.05) is 13.1 Å². The van der Waals surface area contributed by atoms with Crippen molar-refractivity contribution in [2.24, 2.45) is 5.73 Å². The van der Waals surface area contributed by atoms with Crippen LogP contribution in [0.15, 0.2) is 12.5 Å². The first kappa shape index (κ1) is 21.6. The monoisotopic (exact) mass is 384 g/mol. The number of nitrogens with zero attached hydrogens (tertiary/aromatic N) is 1. The van der Waals surface area contributed by atoms with Crippen LogP contribution in [0.2, 0.25) is 0 Å². The molecule has 2 unspecified atom stereocenters. The van der Waals surface area contributed by atoms with E-state index in [9.17, 15) is 24.0 Å². The van der Waals surface area contributed by atoms with E-state index in [-0.39, 0.29) is 13.0 Å². The highest BCUT2D eigenvalue weighted by atomic mass is 16.4. The van der Waals surface area contributed by atoms with Crippen LogP contribution in [0.4, 0.5) is 0 Å². The van der Waals surface area contributed by atoms with Crippen molar-refractivity contribution >= 4 is 29.7 Å². The third-order valence-electron chi connectivity index (χ3n) is 3.26. The van der Waals surface area contributed by atoms with Crippen LogP contribution in [0, 0.1) is 0 Å². The normalized spacial score (nSPS) is 12.5. The first-order valence-electron chi connectivity index (χ1n) is 7.71. The molecule has 148 valence electrons. The van der Waals surface area contributed by atoms with Gasteiger partial charge in [0.1, 0.15) is 12.1 Å². The second-order valence-electron chi connectivity index (χ2n) is 5.38. The number of rotatable bonds is 11. The second-order valence-corrected chi connectivity index (χ2v) is 5.38. The Morgan fingerprint density at radius 1 is 1.11 bits per heavy atom. The lowest BCUT2D eigenvalue weighted by Gasteiger charge is -2.20. The fourth-order valence-electron chi connectivity index (χ4n) is 1.97. The van der Waals surface area contributed by atoms with Crippen molar-refractivity contribution in [1.82, 2.24) is 25.9 Å². The first-order chi connectivity index (χ1) is 12.7. The Bertz CT molecular complexity index is 690. The lowest BCUT2D eigenvalue weighted by molar-refractivity contribution is -0.147. The van der Waals surface area contributed by atoms with Gasteiger partial charge in [0.25, 0.3) is 0 Å². The van der Waals surface area contributed by atoms with Gasteiger partial charge in [-0.2, -0.15) is 0 Å². The number of aromatic amines is 1. The average Bonchev–Trinajstić information content (AvgIpc) is 3.10. The van der Waals surface area contributed by atoms with E-state index in [0.29, 0.717) is 5.69 Å². The number of hydrogen-bond acceptors (Lipinski definition) is 7. The maximum Gasteiger partial charge on any atom is 0.326 e. The zero-order valence-corrected chi connectivity index (χ0v) is 14.1. The summed E-state index contributed by atoms with van der Waals surface area (Å²) in [6.45, 7) is -0.763. The van der Waals surface area contributed by atoms with Crippen molar-refractivity contribution < 1.29 is 34.2 Å². The van der Waals surface area contributed by atoms with Crippen LogP contribution >= 0.6 is 0 Å². The van der Waals surface area contributed by atoms with E-state index < -0.39 is 54.7 Å². The molecule has 13 nitrogen and oxygen atoms in total. The highest BCUT2D eigenvalue weighted by Crippen LogP contribution is 2.01. The number of carboxylic acids is 2. The SMILES string of the molecule is NCC(=O)NCC(=O)NC(Cc1cnc[nH]1)C(=O)NC(CC(=O)O)C(=O)O.